The second kappa shape index (κ2) is 21.9. The molecule has 0 aliphatic rings. The maximum atomic E-state index is 11.7. The highest BCUT2D eigenvalue weighted by molar-refractivity contribution is 9.09. The number of hydrogen-bond donors (Lipinski definition) is 0. The van der Waals surface area contributed by atoms with Crippen LogP contribution in [0.25, 0.3) is 0 Å². The molecular formula is C24H43BrO4. The van der Waals surface area contributed by atoms with Gasteiger partial charge in [0, 0.05) is 17.3 Å². The van der Waals surface area contributed by atoms with Crippen molar-refractivity contribution in [2.75, 3.05) is 18.5 Å². The third-order valence-corrected chi connectivity index (χ3v) is 5.46. The van der Waals surface area contributed by atoms with Gasteiger partial charge in [-0.25, -0.2) is 4.79 Å². The van der Waals surface area contributed by atoms with Gasteiger partial charge in [0.2, 0.25) is 0 Å². The topological polar surface area (TPSA) is 52.6 Å². The second-order valence-corrected chi connectivity index (χ2v) is 8.67. The van der Waals surface area contributed by atoms with E-state index in [1.807, 2.05) is 0 Å². The molecule has 5 heteroatoms. The van der Waals surface area contributed by atoms with E-state index in [1.165, 1.54) is 44.9 Å². The minimum atomic E-state index is -0.298. The van der Waals surface area contributed by atoms with Crippen LogP contribution in [0.2, 0.25) is 0 Å². The van der Waals surface area contributed by atoms with Crippen molar-refractivity contribution < 1.29 is 19.1 Å². The predicted octanol–water partition coefficient (Wildman–Crippen LogP) is 7.29. The van der Waals surface area contributed by atoms with Crippen LogP contribution in [0.1, 0.15) is 110 Å². The summed E-state index contributed by atoms with van der Waals surface area (Å²) in [7, 11) is 0. The molecule has 0 N–H and O–H groups in total. The first-order valence-electron chi connectivity index (χ1n) is 11.6. The molecule has 0 saturated heterocycles. The van der Waals surface area contributed by atoms with Crippen molar-refractivity contribution in [2.45, 2.75) is 110 Å². The molecule has 0 aliphatic heterocycles. The van der Waals surface area contributed by atoms with Gasteiger partial charge in [0.1, 0.15) is 0 Å². The Bertz CT molecular complexity index is 423. The van der Waals surface area contributed by atoms with Gasteiger partial charge in [0.15, 0.2) is 0 Å². The van der Waals surface area contributed by atoms with E-state index in [-0.39, 0.29) is 11.9 Å². The van der Waals surface area contributed by atoms with E-state index < -0.39 is 0 Å². The summed E-state index contributed by atoms with van der Waals surface area (Å²) in [5.41, 5.74) is 0.454. The highest BCUT2D eigenvalue weighted by Crippen LogP contribution is 2.11. The first kappa shape index (κ1) is 28.2. The summed E-state index contributed by atoms with van der Waals surface area (Å²) in [5.74, 6) is -0.340. The quantitative estimate of drug-likeness (QED) is 0.0757. The summed E-state index contributed by atoms with van der Waals surface area (Å²) in [4.78, 5) is 22.9. The smallest absolute Gasteiger partial charge is 0.333 e. The van der Waals surface area contributed by atoms with E-state index in [0.717, 1.165) is 56.7 Å². The summed E-state index contributed by atoms with van der Waals surface area (Å²) < 4.78 is 10.4. The van der Waals surface area contributed by atoms with Crippen LogP contribution >= 0.6 is 15.9 Å². The van der Waals surface area contributed by atoms with Crippen LogP contribution in [0.3, 0.4) is 0 Å². The largest absolute Gasteiger partial charge is 0.466 e. The lowest BCUT2D eigenvalue weighted by Gasteiger charge is -2.06. The van der Waals surface area contributed by atoms with Crippen molar-refractivity contribution in [3.63, 3.8) is 0 Å². The molecule has 0 rings (SSSR count). The van der Waals surface area contributed by atoms with Crippen LogP contribution in [-0.4, -0.2) is 30.5 Å². The van der Waals surface area contributed by atoms with Crippen LogP contribution in [0.15, 0.2) is 12.2 Å². The lowest BCUT2D eigenvalue weighted by atomic mass is 10.1. The lowest BCUT2D eigenvalue weighted by Crippen LogP contribution is -2.06. The third kappa shape index (κ3) is 21.7. The molecule has 0 bridgehead atoms. The Balaban J connectivity index is 3.22. The van der Waals surface area contributed by atoms with E-state index in [9.17, 15) is 9.59 Å². The maximum absolute atomic E-state index is 11.7. The molecule has 0 fully saturated rings. The third-order valence-electron chi connectivity index (χ3n) is 4.90. The number of esters is 2. The zero-order chi connectivity index (χ0) is 21.6. The molecule has 0 atom stereocenters. The number of rotatable bonds is 21. The summed E-state index contributed by atoms with van der Waals surface area (Å²) in [6.45, 7) is 6.28. The van der Waals surface area contributed by atoms with E-state index in [4.69, 9.17) is 9.47 Å². The molecule has 170 valence electrons. The minimum absolute atomic E-state index is 0.0425. The van der Waals surface area contributed by atoms with Gasteiger partial charge in [-0.2, -0.15) is 0 Å². The summed E-state index contributed by atoms with van der Waals surface area (Å²) in [6.07, 6.45) is 18.0. The van der Waals surface area contributed by atoms with Gasteiger partial charge in [-0.1, -0.05) is 93.1 Å². The van der Waals surface area contributed by atoms with Crippen LogP contribution < -0.4 is 0 Å². The molecule has 0 aromatic rings. The van der Waals surface area contributed by atoms with Gasteiger partial charge in [0.25, 0.3) is 0 Å². The van der Waals surface area contributed by atoms with Crippen molar-refractivity contribution in [3.8, 4) is 0 Å². The first-order chi connectivity index (χ1) is 14.1. The fourth-order valence-corrected chi connectivity index (χ4v) is 3.46. The van der Waals surface area contributed by atoms with Gasteiger partial charge < -0.3 is 9.47 Å². The Labute approximate surface area is 187 Å². The maximum Gasteiger partial charge on any atom is 0.333 e. The fraction of sp³-hybridized carbons (Fsp3) is 0.833. The first-order valence-corrected chi connectivity index (χ1v) is 12.7. The normalized spacial score (nSPS) is 10.7. The highest BCUT2D eigenvalue weighted by atomic mass is 79.9. The van der Waals surface area contributed by atoms with Crippen molar-refractivity contribution in [3.05, 3.63) is 12.2 Å². The monoisotopic (exact) mass is 474 g/mol. The molecule has 0 aromatic heterocycles. The summed E-state index contributed by atoms with van der Waals surface area (Å²) in [5, 5.41) is 1.12. The van der Waals surface area contributed by atoms with Crippen molar-refractivity contribution >= 4 is 27.9 Å². The van der Waals surface area contributed by atoms with Crippen LogP contribution in [0.5, 0.6) is 0 Å². The average Bonchev–Trinajstić information content (AvgIpc) is 2.70. The molecule has 0 unspecified atom stereocenters. The fourth-order valence-electron chi connectivity index (χ4n) is 3.06. The number of halogens is 1. The Morgan fingerprint density at radius 3 is 1.55 bits per heavy atom. The molecular weight excluding hydrogens is 432 g/mol. The van der Waals surface area contributed by atoms with E-state index in [2.05, 4.69) is 22.5 Å². The molecule has 0 radical (unpaired) electrons. The predicted molar refractivity (Wildman–Crippen MR) is 124 cm³/mol. The van der Waals surface area contributed by atoms with E-state index >= 15 is 0 Å². The SMILES string of the molecule is C=C(C)C(=O)OCCCCCCCCCC(=O)OCCCCCCCCCCBr. The number of ether oxygens (including phenoxy) is 2. The Morgan fingerprint density at radius 1 is 0.655 bits per heavy atom. The number of carbonyl (C=O) groups is 2. The Hall–Kier alpha value is -0.840. The Morgan fingerprint density at radius 2 is 1.07 bits per heavy atom. The molecule has 0 aromatic carbocycles. The molecule has 0 saturated carbocycles. The van der Waals surface area contributed by atoms with Crippen LogP contribution in [0.4, 0.5) is 0 Å². The summed E-state index contributed by atoms with van der Waals surface area (Å²) in [6, 6.07) is 0. The van der Waals surface area contributed by atoms with E-state index in [1.54, 1.807) is 6.92 Å². The number of carbonyl (C=O) groups excluding carboxylic acids is 2. The lowest BCUT2D eigenvalue weighted by molar-refractivity contribution is -0.144. The van der Waals surface area contributed by atoms with Crippen LogP contribution in [0, 0.1) is 0 Å². The van der Waals surface area contributed by atoms with Crippen molar-refractivity contribution in [2.24, 2.45) is 0 Å². The Kier molecular flexibility index (Phi) is 21.2. The minimum Gasteiger partial charge on any atom is -0.466 e. The average molecular weight is 476 g/mol. The van der Waals surface area contributed by atoms with Gasteiger partial charge >= 0.3 is 11.9 Å². The van der Waals surface area contributed by atoms with Gasteiger partial charge in [-0.15, -0.1) is 0 Å². The molecule has 0 amide bonds. The molecule has 4 nitrogen and oxygen atoms in total. The molecule has 0 aliphatic carbocycles. The highest BCUT2D eigenvalue weighted by Gasteiger charge is 2.03. The number of hydrogen-bond acceptors (Lipinski definition) is 4. The second-order valence-electron chi connectivity index (χ2n) is 7.88. The molecule has 29 heavy (non-hydrogen) atoms. The van der Waals surface area contributed by atoms with E-state index in [0.29, 0.717) is 25.2 Å². The van der Waals surface area contributed by atoms with Gasteiger partial charge in [-0.05, 0) is 32.6 Å². The van der Waals surface area contributed by atoms with Gasteiger partial charge in [0.05, 0.1) is 13.2 Å². The van der Waals surface area contributed by atoms with Crippen LogP contribution in [-0.2, 0) is 19.1 Å². The number of unbranched alkanes of at least 4 members (excludes halogenated alkanes) is 13. The summed E-state index contributed by atoms with van der Waals surface area (Å²) >= 11 is 3.46. The van der Waals surface area contributed by atoms with Crippen molar-refractivity contribution in [1.82, 2.24) is 0 Å². The zero-order valence-electron chi connectivity index (χ0n) is 18.7. The van der Waals surface area contributed by atoms with Gasteiger partial charge in [-0.3, -0.25) is 4.79 Å². The standard InChI is InChI=1S/C24H43BrO4/c1-22(2)24(27)29-21-17-13-9-5-6-10-14-18-23(26)28-20-16-12-8-4-3-7-11-15-19-25/h1,3-21H2,2H3. The zero-order valence-corrected chi connectivity index (χ0v) is 20.2. The number of alkyl halides is 1. The molecule has 0 spiro atoms. The van der Waals surface area contributed by atoms with Crippen molar-refractivity contribution in [1.29, 1.82) is 0 Å². The molecule has 0 heterocycles.